The number of ether oxygens (including phenoxy) is 1. The summed E-state index contributed by atoms with van der Waals surface area (Å²) < 4.78 is 16.2. The first-order chi connectivity index (χ1) is 6.17. The van der Waals surface area contributed by atoms with Gasteiger partial charge in [-0.2, -0.15) is 0 Å². The van der Waals surface area contributed by atoms with Gasteiger partial charge in [0, 0.05) is 13.8 Å². The van der Waals surface area contributed by atoms with Gasteiger partial charge in [0.15, 0.2) is 6.61 Å². The van der Waals surface area contributed by atoms with Gasteiger partial charge in [0.2, 0.25) is 5.60 Å². The Kier molecular flexibility index (Phi) is 1.87. The molecule has 1 aliphatic rings. The molecular weight excluding hydrogens is 168 g/mol. The van der Waals surface area contributed by atoms with Crippen LogP contribution in [0.3, 0.4) is 0 Å². The highest BCUT2D eigenvalue weighted by Gasteiger charge is 2.38. The predicted octanol–water partition coefficient (Wildman–Crippen LogP) is 2.15. The molecule has 0 bridgehead atoms. The lowest BCUT2D eigenvalue weighted by atomic mass is 10.1. The Morgan fingerprint density at radius 1 is 1.46 bits per heavy atom. The number of cyclic esters (lactones) is 1. The third-order valence-electron chi connectivity index (χ3n) is 2.03. The van der Waals surface area contributed by atoms with E-state index in [1.54, 1.807) is 6.26 Å². The quantitative estimate of drug-likeness (QED) is 0.491. The van der Waals surface area contributed by atoms with Crippen molar-refractivity contribution in [2.75, 3.05) is 6.61 Å². The van der Waals surface area contributed by atoms with E-state index in [9.17, 15) is 0 Å². The Balaban J connectivity index is 2.22. The zero-order chi connectivity index (χ0) is 9.31. The van der Waals surface area contributed by atoms with Crippen LogP contribution in [-0.4, -0.2) is 18.2 Å². The smallest absolute Gasteiger partial charge is 0.453 e. The zero-order valence-electron chi connectivity index (χ0n) is 7.87. The second-order valence-corrected chi connectivity index (χ2v) is 3.72. The molecular formula is C10H13O3+. The molecule has 0 saturated carbocycles. The van der Waals surface area contributed by atoms with Crippen molar-refractivity contribution in [2.24, 2.45) is 0 Å². The number of furan rings is 1. The van der Waals surface area contributed by atoms with Crippen molar-refractivity contribution >= 4 is 5.97 Å². The monoisotopic (exact) mass is 181 g/mol. The largest absolute Gasteiger partial charge is 0.557 e. The number of hydrogen-bond acceptors (Lipinski definition) is 2. The van der Waals surface area contributed by atoms with Gasteiger partial charge in [-0.05, 0) is 12.1 Å². The molecule has 0 saturated heterocycles. The minimum Gasteiger partial charge on any atom is -0.453 e. The Morgan fingerprint density at radius 2 is 2.31 bits per heavy atom. The standard InChI is InChI=1S/C10H13O3/c1-10(2)5-7-12-9(13-10)8-4-3-6-11-8/h3-4,6H,5,7H2,1-2H3/q+1. The lowest BCUT2D eigenvalue weighted by Crippen LogP contribution is -2.33. The zero-order valence-corrected chi connectivity index (χ0v) is 7.87. The highest BCUT2D eigenvalue weighted by Crippen LogP contribution is 2.21. The molecule has 0 amide bonds. The van der Waals surface area contributed by atoms with Gasteiger partial charge in [-0.15, -0.1) is 0 Å². The summed E-state index contributed by atoms with van der Waals surface area (Å²) >= 11 is 0. The van der Waals surface area contributed by atoms with E-state index in [1.165, 1.54) is 0 Å². The van der Waals surface area contributed by atoms with Crippen LogP contribution in [0.25, 0.3) is 0 Å². The lowest BCUT2D eigenvalue weighted by molar-refractivity contribution is -0.318. The van der Waals surface area contributed by atoms with Crippen molar-refractivity contribution in [1.29, 1.82) is 0 Å². The predicted molar refractivity (Wildman–Crippen MR) is 47.7 cm³/mol. The van der Waals surface area contributed by atoms with Crippen LogP contribution in [0.5, 0.6) is 0 Å². The SMILES string of the molecule is CC1(C)CC[O+]=C(c2ccco2)O1. The first kappa shape index (κ1) is 8.35. The molecule has 0 unspecified atom stereocenters. The fourth-order valence-corrected chi connectivity index (χ4v) is 1.24. The Hall–Kier alpha value is -1.25. The number of carbonyl (C=O) groups excluding carboxylic acids is 1. The Labute approximate surface area is 77.0 Å². The summed E-state index contributed by atoms with van der Waals surface area (Å²) in [4.78, 5) is 0. The molecule has 1 aromatic heterocycles. The van der Waals surface area contributed by atoms with Gasteiger partial charge in [-0.25, -0.2) is 0 Å². The summed E-state index contributed by atoms with van der Waals surface area (Å²) in [6.45, 7) is 4.76. The van der Waals surface area contributed by atoms with E-state index in [4.69, 9.17) is 13.6 Å². The third kappa shape index (κ3) is 1.74. The molecule has 3 nitrogen and oxygen atoms in total. The molecule has 0 fully saturated rings. The Bertz CT molecular complexity index is 309. The number of rotatable bonds is 1. The highest BCUT2D eigenvalue weighted by molar-refractivity contribution is 5.87. The van der Waals surface area contributed by atoms with Crippen molar-refractivity contribution in [3.05, 3.63) is 24.2 Å². The van der Waals surface area contributed by atoms with E-state index in [0.717, 1.165) is 6.42 Å². The van der Waals surface area contributed by atoms with Crippen LogP contribution in [0.15, 0.2) is 22.8 Å². The van der Waals surface area contributed by atoms with Crippen LogP contribution >= 0.6 is 0 Å². The maximum atomic E-state index is 5.62. The summed E-state index contributed by atoms with van der Waals surface area (Å²) in [5.41, 5.74) is -0.152. The molecule has 0 aliphatic carbocycles. The van der Waals surface area contributed by atoms with Crippen molar-refractivity contribution < 1.29 is 13.6 Å². The highest BCUT2D eigenvalue weighted by atomic mass is 16.6. The first-order valence-corrected chi connectivity index (χ1v) is 4.40. The van der Waals surface area contributed by atoms with Gasteiger partial charge in [0.05, 0.1) is 12.7 Å². The molecule has 2 heterocycles. The molecule has 0 N–H and O–H groups in total. The summed E-state index contributed by atoms with van der Waals surface area (Å²) in [6, 6.07) is 3.65. The first-order valence-electron chi connectivity index (χ1n) is 4.40. The van der Waals surface area contributed by atoms with Gasteiger partial charge in [0.25, 0.3) is 5.76 Å². The minimum absolute atomic E-state index is 0.152. The molecule has 3 heteroatoms. The molecule has 0 atom stereocenters. The molecule has 2 rings (SSSR count). The molecule has 0 radical (unpaired) electrons. The van der Waals surface area contributed by atoms with Crippen LogP contribution in [0, 0.1) is 0 Å². The van der Waals surface area contributed by atoms with E-state index in [-0.39, 0.29) is 5.60 Å². The second kappa shape index (κ2) is 2.91. The molecule has 0 aromatic carbocycles. The molecule has 1 aliphatic heterocycles. The van der Waals surface area contributed by atoms with E-state index in [2.05, 4.69) is 0 Å². The summed E-state index contributed by atoms with van der Waals surface area (Å²) in [6.07, 6.45) is 2.51. The fraction of sp³-hybridized carbons (Fsp3) is 0.500. The number of esters is 1. The van der Waals surface area contributed by atoms with Gasteiger partial charge in [-0.1, -0.05) is 0 Å². The average molecular weight is 181 g/mol. The molecule has 70 valence electrons. The van der Waals surface area contributed by atoms with Crippen LogP contribution in [0.4, 0.5) is 0 Å². The van der Waals surface area contributed by atoms with Gasteiger partial charge in [0.1, 0.15) is 0 Å². The van der Waals surface area contributed by atoms with E-state index < -0.39 is 0 Å². The van der Waals surface area contributed by atoms with Crippen molar-refractivity contribution in [2.45, 2.75) is 25.9 Å². The number of hydrogen-bond donors (Lipinski definition) is 0. The summed E-state index contributed by atoms with van der Waals surface area (Å²) in [7, 11) is 0. The molecule has 0 spiro atoms. The van der Waals surface area contributed by atoms with Crippen LogP contribution in [-0.2, 0) is 4.74 Å². The summed E-state index contributed by atoms with van der Waals surface area (Å²) in [5.74, 6) is 1.16. The van der Waals surface area contributed by atoms with Crippen molar-refractivity contribution in [3.8, 4) is 0 Å². The topological polar surface area (TPSA) is 33.7 Å². The summed E-state index contributed by atoms with van der Waals surface area (Å²) in [5, 5.41) is 0. The normalized spacial score (nSPS) is 20.6. The van der Waals surface area contributed by atoms with E-state index in [1.807, 2.05) is 26.0 Å². The van der Waals surface area contributed by atoms with Crippen LogP contribution in [0.1, 0.15) is 30.5 Å². The van der Waals surface area contributed by atoms with Crippen molar-refractivity contribution in [3.63, 3.8) is 0 Å². The van der Waals surface area contributed by atoms with Crippen molar-refractivity contribution in [1.82, 2.24) is 0 Å². The van der Waals surface area contributed by atoms with E-state index in [0.29, 0.717) is 18.3 Å². The molecule has 13 heavy (non-hydrogen) atoms. The maximum absolute atomic E-state index is 5.62. The second-order valence-electron chi connectivity index (χ2n) is 3.72. The maximum Gasteiger partial charge on any atom is 0.557 e. The minimum atomic E-state index is -0.152. The Morgan fingerprint density at radius 3 is 2.92 bits per heavy atom. The van der Waals surface area contributed by atoms with Crippen LogP contribution in [0.2, 0.25) is 0 Å². The average Bonchev–Trinajstić information content (AvgIpc) is 2.53. The van der Waals surface area contributed by atoms with Gasteiger partial charge in [-0.3, -0.25) is 0 Å². The molecule has 1 aromatic rings. The van der Waals surface area contributed by atoms with Crippen LogP contribution < -0.4 is 0 Å². The fourth-order valence-electron chi connectivity index (χ4n) is 1.24. The van der Waals surface area contributed by atoms with E-state index >= 15 is 0 Å². The lowest BCUT2D eigenvalue weighted by Gasteiger charge is -2.18. The van der Waals surface area contributed by atoms with Gasteiger partial charge < -0.3 is 13.6 Å². The third-order valence-corrected chi connectivity index (χ3v) is 2.03. The van der Waals surface area contributed by atoms with Gasteiger partial charge >= 0.3 is 5.97 Å².